The zero-order valence-electron chi connectivity index (χ0n) is 18.8. The fraction of sp³-hybridized carbons (Fsp3) is 0.370. The zero-order chi connectivity index (χ0) is 23.7. The summed E-state index contributed by atoms with van der Waals surface area (Å²) >= 11 is 0. The molecule has 3 N–H and O–H groups in total. The van der Waals surface area contributed by atoms with Gasteiger partial charge in [-0.15, -0.1) is 0 Å². The molecule has 0 aromatic heterocycles. The van der Waals surface area contributed by atoms with Gasteiger partial charge in [-0.05, 0) is 47.4 Å². The van der Waals surface area contributed by atoms with Crippen LogP contribution in [0.5, 0.6) is 0 Å². The highest BCUT2D eigenvalue weighted by Crippen LogP contribution is 2.44. The molecule has 5 rings (SSSR count). The number of ether oxygens (including phenoxy) is 1. The summed E-state index contributed by atoms with van der Waals surface area (Å²) in [7, 11) is 0. The van der Waals surface area contributed by atoms with Crippen molar-refractivity contribution < 1.29 is 24.2 Å². The summed E-state index contributed by atoms with van der Waals surface area (Å²) < 4.78 is 5.60. The monoisotopic (exact) mass is 460 g/mol. The van der Waals surface area contributed by atoms with Crippen molar-refractivity contribution in [3.8, 4) is 11.1 Å². The number of nitrogens with one attached hydrogen (secondary N) is 2. The van der Waals surface area contributed by atoms with E-state index in [0.717, 1.165) is 11.1 Å². The minimum Gasteiger partial charge on any atom is -0.481 e. The van der Waals surface area contributed by atoms with Gasteiger partial charge in [-0.2, -0.15) is 0 Å². The highest BCUT2D eigenvalue weighted by Gasteiger charge is 2.34. The topological polar surface area (TPSA) is 105 Å². The summed E-state index contributed by atoms with van der Waals surface area (Å²) in [4.78, 5) is 35.8. The molecule has 7 nitrogen and oxygen atoms in total. The lowest BCUT2D eigenvalue weighted by atomic mass is 9.78. The molecule has 1 fully saturated rings. The van der Waals surface area contributed by atoms with Crippen LogP contribution in [0.25, 0.3) is 11.1 Å². The van der Waals surface area contributed by atoms with Crippen molar-refractivity contribution in [3.63, 3.8) is 0 Å². The van der Waals surface area contributed by atoms with E-state index < -0.39 is 12.1 Å². The van der Waals surface area contributed by atoms with Crippen LogP contribution in [0, 0.1) is 11.8 Å². The molecular weight excluding hydrogens is 432 g/mol. The minimum absolute atomic E-state index is 0.00299. The Morgan fingerprint density at radius 3 is 2.18 bits per heavy atom. The Balaban J connectivity index is 1.09. The number of carbonyl (C=O) groups is 3. The highest BCUT2D eigenvalue weighted by molar-refractivity contribution is 5.82. The van der Waals surface area contributed by atoms with Gasteiger partial charge >= 0.3 is 12.1 Å². The van der Waals surface area contributed by atoms with Gasteiger partial charge in [0.1, 0.15) is 6.61 Å². The largest absolute Gasteiger partial charge is 0.481 e. The van der Waals surface area contributed by atoms with Crippen molar-refractivity contribution >= 4 is 18.0 Å². The number of alkyl carbamates (subject to hydrolysis) is 1. The average Bonchev–Trinajstić information content (AvgIpc) is 3.39. The van der Waals surface area contributed by atoms with Gasteiger partial charge in [0.15, 0.2) is 0 Å². The summed E-state index contributed by atoms with van der Waals surface area (Å²) in [6.45, 7) is 0.249. The second kappa shape index (κ2) is 9.33. The Morgan fingerprint density at radius 2 is 1.53 bits per heavy atom. The van der Waals surface area contributed by atoms with E-state index in [2.05, 4.69) is 34.9 Å². The molecule has 34 heavy (non-hydrogen) atoms. The maximum Gasteiger partial charge on any atom is 0.407 e. The van der Waals surface area contributed by atoms with Crippen molar-refractivity contribution in [2.24, 2.45) is 11.8 Å². The first-order chi connectivity index (χ1) is 16.5. The number of hydrogen-bond acceptors (Lipinski definition) is 4. The smallest absolute Gasteiger partial charge is 0.407 e. The molecule has 0 aliphatic heterocycles. The van der Waals surface area contributed by atoms with Gasteiger partial charge in [-0.25, -0.2) is 4.79 Å². The Kier molecular flexibility index (Phi) is 6.09. The van der Waals surface area contributed by atoms with Crippen molar-refractivity contribution in [3.05, 3.63) is 71.8 Å². The number of amides is 2. The Hall–Kier alpha value is -3.61. The van der Waals surface area contributed by atoms with Gasteiger partial charge in [0.05, 0.1) is 12.0 Å². The fourth-order valence-electron chi connectivity index (χ4n) is 5.37. The van der Waals surface area contributed by atoms with Crippen LogP contribution in [0.1, 0.15) is 42.7 Å². The van der Waals surface area contributed by atoms with Crippen LogP contribution in [0.2, 0.25) is 0 Å². The summed E-state index contributed by atoms with van der Waals surface area (Å²) in [5.74, 6) is -1.03. The van der Waals surface area contributed by atoms with Crippen molar-refractivity contribution in [2.45, 2.75) is 43.7 Å². The molecule has 2 atom stereocenters. The molecule has 7 heteroatoms. The minimum atomic E-state index is -0.796. The number of carbonyl (C=O) groups excluding carboxylic acids is 2. The number of rotatable bonds is 7. The summed E-state index contributed by atoms with van der Waals surface area (Å²) in [6.07, 6.45) is 5.21. The molecule has 176 valence electrons. The quantitative estimate of drug-likeness (QED) is 0.545. The van der Waals surface area contributed by atoms with Crippen LogP contribution in [0.15, 0.2) is 60.7 Å². The molecule has 3 aliphatic carbocycles. The molecule has 1 saturated carbocycles. The molecule has 3 aliphatic rings. The molecule has 2 aromatic carbocycles. The van der Waals surface area contributed by atoms with E-state index in [-0.39, 0.29) is 48.8 Å². The second-order valence-corrected chi connectivity index (χ2v) is 9.44. The molecule has 0 radical (unpaired) electrons. The normalized spacial score (nSPS) is 24.6. The SMILES string of the molecule is O=C(O)CC1CC(NC(=O)C2C=CC(NC(=O)OCC3c4ccccc4-c4ccccc43)C2)C1. The maximum absolute atomic E-state index is 12.5. The molecule has 0 saturated heterocycles. The zero-order valence-corrected chi connectivity index (χ0v) is 18.8. The van der Waals surface area contributed by atoms with Gasteiger partial charge in [0.25, 0.3) is 0 Å². The van der Waals surface area contributed by atoms with Crippen LogP contribution >= 0.6 is 0 Å². The molecule has 2 amide bonds. The van der Waals surface area contributed by atoms with Crippen LogP contribution in [0.4, 0.5) is 4.79 Å². The van der Waals surface area contributed by atoms with Gasteiger partial charge in [0, 0.05) is 18.4 Å². The van der Waals surface area contributed by atoms with E-state index in [4.69, 9.17) is 9.84 Å². The number of hydrogen-bond donors (Lipinski definition) is 3. The average molecular weight is 461 g/mol. The molecule has 0 spiro atoms. The van der Waals surface area contributed by atoms with E-state index in [1.54, 1.807) is 0 Å². The number of aliphatic carboxylic acids is 1. The third-order valence-corrected chi connectivity index (χ3v) is 7.11. The summed E-state index contributed by atoms with van der Waals surface area (Å²) in [6, 6.07) is 16.2. The third-order valence-electron chi connectivity index (χ3n) is 7.11. The number of carboxylic acid groups (broad SMARTS) is 1. The lowest BCUT2D eigenvalue weighted by molar-refractivity contribution is -0.139. The molecule has 2 unspecified atom stereocenters. The van der Waals surface area contributed by atoms with E-state index in [9.17, 15) is 14.4 Å². The van der Waals surface area contributed by atoms with Crippen molar-refractivity contribution in [1.29, 1.82) is 0 Å². The van der Waals surface area contributed by atoms with Crippen LogP contribution in [0.3, 0.4) is 0 Å². The van der Waals surface area contributed by atoms with E-state index in [1.807, 2.05) is 36.4 Å². The van der Waals surface area contributed by atoms with E-state index >= 15 is 0 Å². The van der Waals surface area contributed by atoms with E-state index in [1.165, 1.54) is 11.1 Å². The third kappa shape index (κ3) is 4.55. The van der Waals surface area contributed by atoms with Crippen LogP contribution in [-0.2, 0) is 14.3 Å². The second-order valence-electron chi connectivity index (χ2n) is 9.44. The van der Waals surface area contributed by atoms with Crippen molar-refractivity contribution in [1.82, 2.24) is 10.6 Å². The molecule has 2 aromatic rings. The Morgan fingerprint density at radius 1 is 0.882 bits per heavy atom. The molecule has 0 heterocycles. The van der Waals surface area contributed by atoms with Gasteiger partial charge in [-0.1, -0.05) is 60.7 Å². The van der Waals surface area contributed by atoms with Crippen molar-refractivity contribution in [2.75, 3.05) is 6.61 Å². The van der Waals surface area contributed by atoms with Gasteiger partial charge < -0.3 is 20.5 Å². The first-order valence-corrected chi connectivity index (χ1v) is 11.8. The highest BCUT2D eigenvalue weighted by atomic mass is 16.5. The Bertz CT molecular complexity index is 1090. The standard InChI is InChI=1S/C27H28N2O5/c30-25(31)13-16-11-19(12-16)28-26(32)17-9-10-18(14-17)29-27(33)34-15-24-22-7-3-1-5-20(22)21-6-2-4-8-23(21)24/h1-10,16-19,24H,11-15H2,(H,28,32)(H,29,33)(H,30,31). The van der Waals surface area contributed by atoms with Crippen LogP contribution < -0.4 is 10.6 Å². The van der Waals surface area contributed by atoms with Gasteiger partial charge in [-0.3, -0.25) is 9.59 Å². The first-order valence-electron chi connectivity index (χ1n) is 11.8. The lowest BCUT2D eigenvalue weighted by Gasteiger charge is -2.35. The van der Waals surface area contributed by atoms with Crippen LogP contribution in [-0.4, -0.2) is 41.8 Å². The fourth-order valence-corrected chi connectivity index (χ4v) is 5.37. The summed E-state index contributed by atoms with van der Waals surface area (Å²) in [5, 5.41) is 14.7. The number of fused-ring (bicyclic) bond motifs is 3. The van der Waals surface area contributed by atoms with Gasteiger partial charge in [0.2, 0.25) is 5.91 Å². The summed E-state index contributed by atoms with van der Waals surface area (Å²) in [5.41, 5.74) is 4.69. The molecular formula is C27H28N2O5. The predicted octanol–water partition coefficient (Wildman–Crippen LogP) is 3.84. The lowest BCUT2D eigenvalue weighted by Crippen LogP contribution is -2.47. The van der Waals surface area contributed by atoms with E-state index in [0.29, 0.717) is 19.3 Å². The first kappa shape index (κ1) is 22.2. The maximum atomic E-state index is 12.5. The predicted molar refractivity (Wildman–Crippen MR) is 126 cm³/mol. The number of benzene rings is 2. The number of carboxylic acids is 1. The Labute approximate surface area is 198 Å². The molecule has 0 bridgehead atoms.